The van der Waals surface area contributed by atoms with Gasteiger partial charge < -0.3 is 10.6 Å². The molecule has 0 bridgehead atoms. The van der Waals surface area contributed by atoms with Gasteiger partial charge in [0.05, 0.1) is 0 Å². The van der Waals surface area contributed by atoms with Crippen molar-refractivity contribution in [2.24, 2.45) is 5.73 Å². The highest BCUT2D eigenvalue weighted by Crippen LogP contribution is 2.31. The molecule has 0 amide bonds. The summed E-state index contributed by atoms with van der Waals surface area (Å²) in [4.78, 5) is 6.81. The van der Waals surface area contributed by atoms with Crippen LogP contribution >= 0.6 is 0 Å². The number of hydrogen-bond donors (Lipinski definition) is 1. The molecule has 0 fully saturated rings. The van der Waals surface area contributed by atoms with Crippen LogP contribution in [0.3, 0.4) is 0 Å². The summed E-state index contributed by atoms with van der Waals surface area (Å²) in [5.41, 5.74) is 9.89. The van der Waals surface area contributed by atoms with Crippen molar-refractivity contribution >= 4 is 5.69 Å². The van der Waals surface area contributed by atoms with Crippen LogP contribution in [0.2, 0.25) is 0 Å². The molecular weight excluding hydrogens is 234 g/mol. The topological polar surface area (TPSA) is 42.1 Å². The molecule has 2 N–H and O–H groups in total. The van der Waals surface area contributed by atoms with Crippen LogP contribution in [0.1, 0.15) is 23.7 Å². The van der Waals surface area contributed by atoms with E-state index in [1.807, 2.05) is 18.3 Å². The second-order valence-electron chi connectivity index (χ2n) is 5.01. The van der Waals surface area contributed by atoms with E-state index in [0.717, 1.165) is 31.6 Å². The minimum atomic E-state index is 0.183. The van der Waals surface area contributed by atoms with E-state index in [9.17, 15) is 0 Å². The lowest BCUT2D eigenvalue weighted by Gasteiger charge is -2.34. The number of hydrogen-bond acceptors (Lipinski definition) is 3. The van der Waals surface area contributed by atoms with E-state index in [0.29, 0.717) is 0 Å². The molecule has 0 saturated heterocycles. The minimum Gasteiger partial charge on any atom is -0.371 e. The first-order valence-electron chi connectivity index (χ1n) is 6.84. The summed E-state index contributed by atoms with van der Waals surface area (Å²) in [6.45, 7) is 2.03. The molecule has 1 aromatic carbocycles. The Morgan fingerprint density at radius 1 is 1.16 bits per heavy atom. The van der Waals surface area contributed by atoms with Crippen molar-refractivity contribution < 1.29 is 0 Å². The lowest BCUT2D eigenvalue weighted by Crippen LogP contribution is -2.35. The Bertz CT molecular complexity index is 539. The normalized spacial score (nSPS) is 18.2. The molecule has 19 heavy (non-hydrogen) atoms. The zero-order valence-electron chi connectivity index (χ0n) is 11.0. The van der Waals surface area contributed by atoms with Gasteiger partial charge >= 0.3 is 0 Å². The predicted octanol–water partition coefficient (Wildman–Crippen LogP) is 2.53. The van der Waals surface area contributed by atoms with Crippen LogP contribution in [0, 0.1) is 0 Å². The van der Waals surface area contributed by atoms with Gasteiger partial charge in [0.2, 0.25) is 0 Å². The first-order chi connectivity index (χ1) is 9.34. The number of nitrogens with two attached hydrogens (primary N) is 1. The van der Waals surface area contributed by atoms with Gasteiger partial charge in [0.25, 0.3) is 0 Å². The maximum absolute atomic E-state index is 6.18. The van der Waals surface area contributed by atoms with Crippen LogP contribution in [0.5, 0.6) is 0 Å². The standard InChI is InChI=1S/C16H19N3/c17-15-9-12-19(16-7-2-1-6-14(15)16)11-8-13-5-3-4-10-18-13/h1-7,10,15H,8-9,11-12,17H2. The smallest absolute Gasteiger partial charge is 0.0421 e. The van der Waals surface area contributed by atoms with Gasteiger partial charge in [-0.05, 0) is 30.2 Å². The number of anilines is 1. The number of benzene rings is 1. The monoisotopic (exact) mass is 253 g/mol. The minimum absolute atomic E-state index is 0.183. The van der Waals surface area contributed by atoms with Crippen molar-refractivity contribution in [2.45, 2.75) is 18.9 Å². The quantitative estimate of drug-likeness (QED) is 0.914. The number of aromatic nitrogens is 1. The first-order valence-corrected chi connectivity index (χ1v) is 6.84. The zero-order chi connectivity index (χ0) is 13.1. The molecule has 3 rings (SSSR count). The summed E-state index contributed by atoms with van der Waals surface area (Å²) in [5.74, 6) is 0. The average Bonchev–Trinajstić information content (AvgIpc) is 2.48. The molecule has 2 heterocycles. The van der Waals surface area contributed by atoms with Crippen molar-refractivity contribution in [3.05, 3.63) is 59.9 Å². The maximum Gasteiger partial charge on any atom is 0.0421 e. The highest BCUT2D eigenvalue weighted by atomic mass is 15.1. The Morgan fingerprint density at radius 3 is 2.84 bits per heavy atom. The van der Waals surface area contributed by atoms with Crippen molar-refractivity contribution in [3.63, 3.8) is 0 Å². The zero-order valence-corrected chi connectivity index (χ0v) is 11.0. The summed E-state index contributed by atoms with van der Waals surface area (Å²) in [6.07, 6.45) is 3.86. The van der Waals surface area contributed by atoms with Crippen molar-refractivity contribution in [2.75, 3.05) is 18.0 Å². The maximum atomic E-state index is 6.18. The molecule has 0 spiro atoms. The Morgan fingerprint density at radius 2 is 2.00 bits per heavy atom. The van der Waals surface area contributed by atoms with Crippen molar-refractivity contribution in [1.29, 1.82) is 0 Å². The molecular formula is C16H19N3. The number of rotatable bonds is 3. The van der Waals surface area contributed by atoms with Gasteiger partial charge in [-0.2, -0.15) is 0 Å². The summed E-state index contributed by atoms with van der Waals surface area (Å²) in [5, 5.41) is 0. The molecule has 0 radical (unpaired) electrons. The van der Waals surface area contributed by atoms with Gasteiger partial charge in [-0.15, -0.1) is 0 Å². The average molecular weight is 253 g/mol. The lowest BCUT2D eigenvalue weighted by atomic mass is 9.97. The lowest BCUT2D eigenvalue weighted by molar-refractivity contribution is 0.590. The van der Waals surface area contributed by atoms with Gasteiger partial charge in [-0.3, -0.25) is 4.98 Å². The molecule has 1 unspecified atom stereocenters. The Balaban J connectivity index is 1.74. The van der Waals surface area contributed by atoms with Crippen molar-refractivity contribution in [1.82, 2.24) is 4.98 Å². The van der Waals surface area contributed by atoms with E-state index in [1.165, 1.54) is 11.3 Å². The highest BCUT2D eigenvalue weighted by molar-refractivity contribution is 5.56. The number of pyridine rings is 1. The predicted molar refractivity (Wildman–Crippen MR) is 78.1 cm³/mol. The molecule has 0 aliphatic carbocycles. The Hall–Kier alpha value is -1.87. The molecule has 2 aromatic rings. The van der Waals surface area contributed by atoms with Crippen LogP contribution in [0.4, 0.5) is 5.69 Å². The van der Waals surface area contributed by atoms with E-state index >= 15 is 0 Å². The molecule has 0 saturated carbocycles. The van der Waals surface area contributed by atoms with Gasteiger partial charge in [0.1, 0.15) is 0 Å². The molecule has 1 aromatic heterocycles. The fourth-order valence-corrected chi connectivity index (χ4v) is 2.69. The van der Waals surface area contributed by atoms with Crippen LogP contribution in [0.25, 0.3) is 0 Å². The molecule has 3 heteroatoms. The van der Waals surface area contributed by atoms with Crippen molar-refractivity contribution in [3.8, 4) is 0 Å². The summed E-state index contributed by atoms with van der Waals surface area (Å²) >= 11 is 0. The van der Waals surface area contributed by atoms with Gasteiger partial charge in [-0.1, -0.05) is 24.3 Å². The first kappa shape index (κ1) is 12.2. The third-order valence-electron chi connectivity index (χ3n) is 3.75. The third-order valence-corrected chi connectivity index (χ3v) is 3.75. The SMILES string of the molecule is NC1CCN(CCc2ccccn2)c2ccccc21. The van der Waals surface area contributed by atoms with Crippen LogP contribution in [-0.4, -0.2) is 18.1 Å². The van der Waals surface area contributed by atoms with E-state index in [4.69, 9.17) is 5.73 Å². The molecule has 1 aliphatic heterocycles. The van der Waals surface area contributed by atoms with E-state index in [2.05, 4.69) is 40.2 Å². The largest absolute Gasteiger partial charge is 0.371 e. The summed E-state index contributed by atoms with van der Waals surface area (Å²) in [6, 6.07) is 14.7. The molecule has 98 valence electrons. The Kier molecular flexibility index (Phi) is 3.47. The van der Waals surface area contributed by atoms with Crippen LogP contribution in [-0.2, 0) is 6.42 Å². The van der Waals surface area contributed by atoms with E-state index in [-0.39, 0.29) is 6.04 Å². The second kappa shape index (κ2) is 5.41. The van der Waals surface area contributed by atoms with Gasteiger partial charge in [0.15, 0.2) is 0 Å². The fourth-order valence-electron chi connectivity index (χ4n) is 2.69. The van der Waals surface area contributed by atoms with Gasteiger partial charge in [-0.25, -0.2) is 0 Å². The molecule has 1 atom stereocenters. The second-order valence-corrected chi connectivity index (χ2v) is 5.01. The van der Waals surface area contributed by atoms with Crippen LogP contribution in [0.15, 0.2) is 48.7 Å². The summed E-state index contributed by atoms with van der Waals surface area (Å²) in [7, 11) is 0. The fraction of sp³-hybridized carbons (Fsp3) is 0.312. The number of fused-ring (bicyclic) bond motifs is 1. The summed E-state index contributed by atoms with van der Waals surface area (Å²) < 4.78 is 0. The Labute approximate surface area is 114 Å². The molecule has 1 aliphatic rings. The third kappa shape index (κ3) is 2.61. The highest BCUT2D eigenvalue weighted by Gasteiger charge is 2.21. The number of nitrogens with zero attached hydrogens (tertiary/aromatic N) is 2. The molecule has 3 nitrogen and oxygen atoms in total. The number of para-hydroxylation sites is 1. The van der Waals surface area contributed by atoms with Gasteiger partial charge in [0, 0.05) is 43.1 Å². The van der Waals surface area contributed by atoms with E-state index < -0.39 is 0 Å². The van der Waals surface area contributed by atoms with Crippen LogP contribution < -0.4 is 10.6 Å². The van der Waals surface area contributed by atoms with E-state index in [1.54, 1.807) is 0 Å².